The van der Waals surface area contributed by atoms with E-state index in [0.717, 1.165) is 19.6 Å². The first-order valence-electron chi connectivity index (χ1n) is 6.65. The van der Waals surface area contributed by atoms with Crippen molar-refractivity contribution in [2.45, 2.75) is 39.0 Å². The van der Waals surface area contributed by atoms with Crippen LogP contribution in [0.1, 0.15) is 25.0 Å². The molecule has 0 saturated carbocycles. The molecule has 0 radical (unpaired) electrons. The number of hydrogen-bond donors (Lipinski definition) is 1. The molecular formula is C15H24N2O. The standard InChI is InChI=1S/C15H24N2O/c1-12-6-4-5-7-13(12)9-17-10-14(8-16)18-15(2,3)11-17/h4-7,14H,8-11,16H2,1-3H3. The Labute approximate surface area is 110 Å². The van der Waals surface area contributed by atoms with Crippen molar-refractivity contribution in [3.63, 3.8) is 0 Å². The fraction of sp³-hybridized carbons (Fsp3) is 0.600. The van der Waals surface area contributed by atoms with Gasteiger partial charge < -0.3 is 10.5 Å². The molecule has 3 nitrogen and oxygen atoms in total. The van der Waals surface area contributed by atoms with Crippen molar-refractivity contribution in [2.75, 3.05) is 19.6 Å². The lowest BCUT2D eigenvalue weighted by molar-refractivity contribution is -0.133. The third-order valence-electron chi connectivity index (χ3n) is 3.47. The van der Waals surface area contributed by atoms with Gasteiger partial charge in [-0.15, -0.1) is 0 Å². The average Bonchev–Trinajstić information content (AvgIpc) is 2.30. The molecule has 1 heterocycles. The Balaban J connectivity index is 2.07. The van der Waals surface area contributed by atoms with Crippen molar-refractivity contribution < 1.29 is 4.74 Å². The van der Waals surface area contributed by atoms with Gasteiger partial charge in [0, 0.05) is 26.2 Å². The van der Waals surface area contributed by atoms with Gasteiger partial charge >= 0.3 is 0 Å². The van der Waals surface area contributed by atoms with Crippen LogP contribution in [0.5, 0.6) is 0 Å². The Morgan fingerprint density at radius 2 is 2.11 bits per heavy atom. The van der Waals surface area contributed by atoms with Crippen molar-refractivity contribution in [3.8, 4) is 0 Å². The summed E-state index contributed by atoms with van der Waals surface area (Å²) in [6.45, 7) is 9.90. The summed E-state index contributed by atoms with van der Waals surface area (Å²) < 4.78 is 5.95. The fourth-order valence-electron chi connectivity index (χ4n) is 2.69. The lowest BCUT2D eigenvalue weighted by Gasteiger charge is -2.42. The number of nitrogens with two attached hydrogens (primary N) is 1. The van der Waals surface area contributed by atoms with Crippen LogP contribution in [-0.4, -0.2) is 36.2 Å². The van der Waals surface area contributed by atoms with Crippen LogP contribution >= 0.6 is 0 Å². The highest BCUT2D eigenvalue weighted by Crippen LogP contribution is 2.22. The van der Waals surface area contributed by atoms with Gasteiger partial charge in [0.15, 0.2) is 0 Å². The van der Waals surface area contributed by atoms with Gasteiger partial charge in [0.25, 0.3) is 0 Å². The van der Waals surface area contributed by atoms with Crippen LogP contribution in [0.15, 0.2) is 24.3 Å². The van der Waals surface area contributed by atoms with Crippen LogP contribution in [-0.2, 0) is 11.3 Å². The number of morpholine rings is 1. The van der Waals surface area contributed by atoms with Crippen LogP contribution < -0.4 is 5.73 Å². The van der Waals surface area contributed by atoms with Crippen LogP contribution in [0, 0.1) is 6.92 Å². The van der Waals surface area contributed by atoms with E-state index in [-0.39, 0.29) is 11.7 Å². The molecule has 18 heavy (non-hydrogen) atoms. The summed E-state index contributed by atoms with van der Waals surface area (Å²) in [5, 5.41) is 0. The largest absolute Gasteiger partial charge is 0.368 e. The van der Waals surface area contributed by atoms with Crippen molar-refractivity contribution in [2.24, 2.45) is 5.73 Å². The first-order chi connectivity index (χ1) is 8.50. The van der Waals surface area contributed by atoms with Gasteiger partial charge in [-0.2, -0.15) is 0 Å². The zero-order valence-electron chi connectivity index (χ0n) is 11.6. The quantitative estimate of drug-likeness (QED) is 0.888. The molecule has 0 aliphatic carbocycles. The maximum absolute atomic E-state index is 5.95. The second-order valence-corrected chi connectivity index (χ2v) is 5.83. The summed E-state index contributed by atoms with van der Waals surface area (Å²) in [6, 6.07) is 8.57. The minimum Gasteiger partial charge on any atom is -0.368 e. The number of hydrogen-bond acceptors (Lipinski definition) is 3. The van der Waals surface area contributed by atoms with E-state index in [1.165, 1.54) is 11.1 Å². The van der Waals surface area contributed by atoms with E-state index in [0.29, 0.717) is 6.54 Å². The number of benzene rings is 1. The maximum Gasteiger partial charge on any atom is 0.0831 e. The number of rotatable bonds is 3. The molecule has 1 fully saturated rings. The molecule has 100 valence electrons. The van der Waals surface area contributed by atoms with Gasteiger partial charge in [0.05, 0.1) is 11.7 Å². The van der Waals surface area contributed by atoms with Crippen molar-refractivity contribution in [1.29, 1.82) is 0 Å². The smallest absolute Gasteiger partial charge is 0.0831 e. The molecule has 1 atom stereocenters. The molecule has 0 aromatic heterocycles. The Morgan fingerprint density at radius 3 is 2.78 bits per heavy atom. The predicted molar refractivity (Wildman–Crippen MR) is 74.5 cm³/mol. The lowest BCUT2D eigenvalue weighted by Crippen LogP contribution is -2.54. The van der Waals surface area contributed by atoms with E-state index >= 15 is 0 Å². The highest BCUT2D eigenvalue weighted by Gasteiger charge is 2.32. The predicted octanol–water partition coefficient (Wildman–Crippen LogP) is 1.93. The summed E-state index contributed by atoms with van der Waals surface area (Å²) in [4.78, 5) is 2.45. The third kappa shape index (κ3) is 3.31. The van der Waals surface area contributed by atoms with Gasteiger partial charge in [-0.1, -0.05) is 24.3 Å². The number of nitrogens with zero attached hydrogens (tertiary/aromatic N) is 1. The third-order valence-corrected chi connectivity index (χ3v) is 3.47. The fourth-order valence-corrected chi connectivity index (χ4v) is 2.69. The zero-order chi connectivity index (χ0) is 13.2. The zero-order valence-corrected chi connectivity index (χ0v) is 11.6. The SMILES string of the molecule is Cc1ccccc1CN1CC(CN)OC(C)(C)C1. The van der Waals surface area contributed by atoms with Gasteiger partial charge in [-0.3, -0.25) is 4.90 Å². The Hall–Kier alpha value is -0.900. The molecule has 1 aromatic carbocycles. The molecule has 0 spiro atoms. The second kappa shape index (κ2) is 5.39. The first-order valence-corrected chi connectivity index (χ1v) is 6.65. The Kier molecular flexibility index (Phi) is 4.05. The summed E-state index contributed by atoms with van der Waals surface area (Å²) in [5.41, 5.74) is 8.40. The molecular weight excluding hydrogens is 224 g/mol. The van der Waals surface area contributed by atoms with Crippen molar-refractivity contribution >= 4 is 0 Å². The van der Waals surface area contributed by atoms with E-state index < -0.39 is 0 Å². The number of ether oxygens (including phenoxy) is 1. The Morgan fingerprint density at radius 1 is 1.39 bits per heavy atom. The molecule has 2 rings (SSSR count). The summed E-state index contributed by atoms with van der Waals surface area (Å²) >= 11 is 0. The van der Waals surface area contributed by atoms with Crippen molar-refractivity contribution in [3.05, 3.63) is 35.4 Å². The van der Waals surface area contributed by atoms with E-state index in [1.807, 2.05) is 0 Å². The molecule has 1 saturated heterocycles. The minimum atomic E-state index is -0.106. The highest BCUT2D eigenvalue weighted by molar-refractivity contribution is 5.25. The molecule has 0 bridgehead atoms. The highest BCUT2D eigenvalue weighted by atomic mass is 16.5. The second-order valence-electron chi connectivity index (χ2n) is 5.83. The lowest BCUT2D eigenvalue weighted by atomic mass is 10.0. The summed E-state index contributed by atoms with van der Waals surface area (Å²) in [7, 11) is 0. The topological polar surface area (TPSA) is 38.5 Å². The van der Waals surface area contributed by atoms with Crippen LogP contribution in [0.4, 0.5) is 0 Å². The molecule has 1 aliphatic rings. The maximum atomic E-state index is 5.95. The summed E-state index contributed by atoms with van der Waals surface area (Å²) in [5.74, 6) is 0. The van der Waals surface area contributed by atoms with Gasteiger partial charge in [0.1, 0.15) is 0 Å². The molecule has 0 amide bonds. The van der Waals surface area contributed by atoms with Crippen LogP contribution in [0.2, 0.25) is 0 Å². The molecule has 1 aliphatic heterocycles. The van der Waals surface area contributed by atoms with Crippen molar-refractivity contribution in [1.82, 2.24) is 4.90 Å². The minimum absolute atomic E-state index is 0.106. The van der Waals surface area contributed by atoms with E-state index in [9.17, 15) is 0 Å². The van der Waals surface area contributed by atoms with E-state index in [4.69, 9.17) is 10.5 Å². The van der Waals surface area contributed by atoms with Gasteiger partial charge in [-0.05, 0) is 31.9 Å². The first kappa shape index (κ1) is 13.5. The molecule has 1 unspecified atom stereocenters. The van der Waals surface area contributed by atoms with Crippen LogP contribution in [0.3, 0.4) is 0 Å². The Bertz CT molecular complexity index is 403. The molecule has 3 heteroatoms. The van der Waals surface area contributed by atoms with E-state index in [1.54, 1.807) is 0 Å². The normalized spacial score (nSPS) is 24.1. The van der Waals surface area contributed by atoms with Gasteiger partial charge in [-0.25, -0.2) is 0 Å². The monoisotopic (exact) mass is 248 g/mol. The average molecular weight is 248 g/mol. The molecule has 2 N–H and O–H groups in total. The number of aryl methyl sites for hydroxylation is 1. The van der Waals surface area contributed by atoms with Gasteiger partial charge in [0.2, 0.25) is 0 Å². The summed E-state index contributed by atoms with van der Waals surface area (Å²) in [6.07, 6.45) is 0.151. The molecule has 1 aromatic rings. The van der Waals surface area contributed by atoms with Crippen LogP contribution in [0.25, 0.3) is 0 Å². The van der Waals surface area contributed by atoms with E-state index in [2.05, 4.69) is 49.9 Å².